The number of sulfonamides is 1. The van der Waals surface area contributed by atoms with Gasteiger partial charge in [-0.2, -0.15) is 13.5 Å². The molecule has 6 heteroatoms. The fraction of sp³-hybridized carbons (Fsp3) is 0.136. The van der Waals surface area contributed by atoms with Crippen LogP contribution in [0.1, 0.15) is 16.7 Å². The Kier molecular flexibility index (Phi) is 5.80. The van der Waals surface area contributed by atoms with Gasteiger partial charge in [-0.05, 0) is 60.9 Å². The summed E-state index contributed by atoms with van der Waals surface area (Å²) < 4.78 is 24.9. The van der Waals surface area contributed by atoms with Gasteiger partial charge in [0.1, 0.15) is 0 Å². The second-order valence-electron chi connectivity index (χ2n) is 6.61. The first-order valence-electron chi connectivity index (χ1n) is 8.88. The van der Waals surface area contributed by atoms with Crippen LogP contribution in [0.15, 0.2) is 82.8 Å². The molecular formula is C22H23N3O2S. The third-order valence-electron chi connectivity index (χ3n) is 4.44. The van der Waals surface area contributed by atoms with Crippen LogP contribution in [0, 0.1) is 13.8 Å². The van der Waals surface area contributed by atoms with Gasteiger partial charge in [0.15, 0.2) is 0 Å². The van der Waals surface area contributed by atoms with Crippen molar-refractivity contribution in [3.8, 4) is 0 Å². The normalized spacial score (nSPS) is 11.5. The molecule has 0 heterocycles. The topological polar surface area (TPSA) is 61.8 Å². The van der Waals surface area contributed by atoms with Gasteiger partial charge in [-0.15, -0.1) is 0 Å². The molecule has 0 aromatic heterocycles. The molecule has 0 aliphatic carbocycles. The smallest absolute Gasteiger partial charge is 0.276 e. The van der Waals surface area contributed by atoms with Crippen LogP contribution in [0.5, 0.6) is 0 Å². The molecule has 0 aliphatic rings. The maximum Gasteiger partial charge on any atom is 0.276 e. The Bertz CT molecular complexity index is 1080. The number of rotatable bonds is 6. The minimum absolute atomic E-state index is 0.240. The van der Waals surface area contributed by atoms with Crippen LogP contribution < -0.4 is 9.73 Å². The molecule has 0 atom stereocenters. The van der Waals surface area contributed by atoms with Crippen molar-refractivity contribution in [1.82, 2.24) is 4.83 Å². The quantitative estimate of drug-likeness (QED) is 0.499. The van der Waals surface area contributed by atoms with E-state index in [0.29, 0.717) is 5.56 Å². The average Bonchev–Trinajstić information content (AvgIpc) is 2.70. The Morgan fingerprint density at radius 2 is 1.54 bits per heavy atom. The maximum absolute atomic E-state index is 12.5. The summed E-state index contributed by atoms with van der Waals surface area (Å²) in [5.74, 6) is 0. The number of nitrogens with zero attached hydrogens (tertiary/aromatic N) is 2. The second kappa shape index (κ2) is 8.27. The minimum Gasteiger partial charge on any atom is -0.345 e. The van der Waals surface area contributed by atoms with Crippen molar-refractivity contribution in [1.29, 1.82) is 0 Å². The zero-order valence-corrected chi connectivity index (χ0v) is 16.9. The van der Waals surface area contributed by atoms with Gasteiger partial charge in [-0.1, -0.05) is 42.5 Å². The van der Waals surface area contributed by atoms with E-state index >= 15 is 0 Å². The lowest BCUT2D eigenvalue weighted by molar-refractivity contribution is 0.584. The van der Waals surface area contributed by atoms with Crippen LogP contribution in [0.3, 0.4) is 0 Å². The molecule has 0 amide bonds. The summed E-state index contributed by atoms with van der Waals surface area (Å²) >= 11 is 0. The van der Waals surface area contributed by atoms with Crippen LogP contribution in [-0.2, 0) is 10.0 Å². The second-order valence-corrected chi connectivity index (χ2v) is 8.24. The van der Waals surface area contributed by atoms with Crippen LogP contribution in [0.2, 0.25) is 0 Å². The van der Waals surface area contributed by atoms with Crippen molar-refractivity contribution < 1.29 is 8.42 Å². The third kappa shape index (κ3) is 4.58. The lowest BCUT2D eigenvalue weighted by Gasteiger charge is -2.19. The highest BCUT2D eigenvalue weighted by Crippen LogP contribution is 2.23. The summed E-state index contributed by atoms with van der Waals surface area (Å²) in [4.78, 5) is 4.60. The molecule has 3 aromatic rings. The summed E-state index contributed by atoms with van der Waals surface area (Å²) in [5, 5.41) is 3.92. The number of anilines is 2. The van der Waals surface area contributed by atoms with Crippen molar-refractivity contribution >= 4 is 27.6 Å². The Morgan fingerprint density at radius 1 is 0.893 bits per heavy atom. The van der Waals surface area contributed by atoms with Crippen LogP contribution in [0.4, 0.5) is 11.4 Å². The number of aryl methyl sites for hydroxylation is 2. The Hall–Kier alpha value is -3.12. The first kappa shape index (κ1) is 19.6. The van der Waals surface area contributed by atoms with Gasteiger partial charge >= 0.3 is 0 Å². The molecule has 0 aliphatic heterocycles. The average molecular weight is 394 g/mol. The summed E-state index contributed by atoms with van der Waals surface area (Å²) in [6.07, 6.45) is 1.50. The lowest BCUT2D eigenvalue weighted by atomic mass is 10.2. The van der Waals surface area contributed by atoms with E-state index in [1.165, 1.54) is 6.21 Å². The minimum atomic E-state index is -3.70. The van der Waals surface area contributed by atoms with E-state index in [9.17, 15) is 8.42 Å². The van der Waals surface area contributed by atoms with Crippen molar-refractivity contribution in [2.24, 2.45) is 5.10 Å². The number of hydrogen-bond acceptors (Lipinski definition) is 4. The third-order valence-corrected chi connectivity index (χ3v) is 5.81. The molecule has 28 heavy (non-hydrogen) atoms. The summed E-state index contributed by atoms with van der Waals surface area (Å²) in [6.45, 7) is 3.62. The van der Waals surface area contributed by atoms with Crippen LogP contribution in [-0.4, -0.2) is 21.7 Å². The number of nitrogens with one attached hydrogen (secondary N) is 1. The zero-order chi connectivity index (χ0) is 20.1. The molecule has 0 saturated carbocycles. The van der Waals surface area contributed by atoms with E-state index in [0.717, 1.165) is 22.5 Å². The van der Waals surface area contributed by atoms with E-state index in [1.54, 1.807) is 19.1 Å². The number of hydrazone groups is 1. The van der Waals surface area contributed by atoms with Gasteiger partial charge < -0.3 is 4.90 Å². The molecule has 0 saturated heterocycles. The van der Waals surface area contributed by atoms with Crippen LogP contribution >= 0.6 is 0 Å². The molecule has 3 aromatic carbocycles. The van der Waals surface area contributed by atoms with Crippen molar-refractivity contribution in [2.75, 3.05) is 11.9 Å². The van der Waals surface area contributed by atoms with Gasteiger partial charge in [0, 0.05) is 18.4 Å². The van der Waals surface area contributed by atoms with E-state index in [1.807, 2.05) is 74.6 Å². The first-order valence-corrected chi connectivity index (χ1v) is 10.4. The number of benzene rings is 3. The van der Waals surface area contributed by atoms with E-state index in [2.05, 4.69) is 14.8 Å². The predicted octanol–water partition coefficient (Wildman–Crippen LogP) is 4.38. The zero-order valence-electron chi connectivity index (χ0n) is 16.1. The fourth-order valence-corrected chi connectivity index (χ4v) is 3.92. The van der Waals surface area contributed by atoms with Crippen molar-refractivity contribution in [2.45, 2.75) is 18.7 Å². The Balaban J connectivity index is 1.70. The van der Waals surface area contributed by atoms with Gasteiger partial charge in [-0.25, -0.2) is 4.83 Å². The molecule has 0 radical (unpaired) electrons. The number of hydrogen-bond donors (Lipinski definition) is 1. The molecule has 3 rings (SSSR count). The molecular weight excluding hydrogens is 370 g/mol. The van der Waals surface area contributed by atoms with Crippen molar-refractivity contribution in [3.05, 3.63) is 89.5 Å². The van der Waals surface area contributed by atoms with Crippen LogP contribution in [0.25, 0.3) is 0 Å². The summed E-state index contributed by atoms with van der Waals surface area (Å²) in [6, 6.07) is 23.1. The predicted molar refractivity (Wildman–Crippen MR) is 115 cm³/mol. The molecule has 0 fully saturated rings. The molecule has 144 valence electrons. The molecule has 5 nitrogen and oxygen atoms in total. The molecule has 1 N–H and O–H groups in total. The van der Waals surface area contributed by atoms with Gasteiger partial charge in [0.2, 0.25) is 0 Å². The Morgan fingerprint density at radius 3 is 2.21 bits per heavy atom. The van der Waals surface area contributed by atoms with Gasteiger partial charge in [-0.3, -0.25) is 0 Å². The van der Waals surface area contributed by atoms with Crippen molar-refractivity contribution in [3.63, 3.8) is 0 Å². The summed E-state index contributed by atoms with van der Waals surface area (Å²) in [5.41, 5.74) is 4.48. The highest BCUT2D eigenvalue weighted by molar-refractivity contribution is 7.89. The largest absolute Gasteiger partial charge is 0.345 e. The highest BCUT2D eigenvalue weighted by Gasteiger charge is 2.15. The molecule has 0 unspecified atom stereocenters. The molecule has 0 bridgehead atoms. The number of para-hydroxylation sites is 1. The summed E-state index contributed by atoms with van der Waals surface area (Å²) in [7, 11) is -1.70. The van der Waals surface area contributed by atoms with Gasteiger partial charge in [0.25, 0.3) is 10.0 Å². The lowest BCUT2D eigenvalue weighted by Crippen LogP contribution is -2.19. The monoisotopic (exact) mass is 393 g/mol. The maximum atomic E-state index is 12.5. The first-order chi connectivity index (χ1) is 13.4. The van der Waals surface area contributed by atoms with E-state index in [4.69, 9.17) is 0 Å². The Labute approximate surface area is 166 Å². The van der Waals surface area contributed by atoms with E-state index < -0.39 is 10.0 Å². The SMILES string of the molecule is Cc1ccc(C)c(S(=O)(=O)N/N=C/c2ccc(N(C)c3ccccc3)cc2)c1. The van der Waals surface area contributed by atoms with E-state index in [-0.39, 0.29) is 4.90 Å². The molecule has 0 spiro atoms. The highest BCUT2D eigenvalue weighted by atomic mass is 32.2. The van der Waals surface area contributed by atoms with Gasteiger partial charge in [0.05, 0.1) is 11.1 Å². The standard InChI is InChI=1S/C22H23N3O2S/c1-17-9-10-18(2)22(15-17)28(26,27)24-23-16-19-11-13-21(14-12-19)25(3)20-7-5-4-6-8-20/h4-16,24H,1-3H3/b23-16+. The fourth-order valence-electron chi connectivity index (χ4n) is 2.80.